The van der Waals surface area contributed by atoms with Crippen LogP contribution >= 0.6 is 0 Å². The van der Waals surface area contributed by atoms with E-state index in [4.69, 9.17) is 5.84 Å². The monoisotopic (exact) mass is 158 g/mol. The van der Waals surface area contributed by atoms with Crippen molar-refractivity contribution in [2.45, 2.75) is 0 Å². The Kier molecular flexibility index (Phi) is 2.67. The highest BCUT2D eigenvalue weighted by molar-refractivity contribution is 5.76. The average molecular weight is 158 g/mol. The third-order valence-electron chi connectivity index (χ3n) is 1.83. The number of hydrogen-bond donors (Lipinski definition) is 2. The van der Waals surface area contributed by atoms with E-state index < -0.39 is 0 Å². The van der Waals surface area contributed by atoms with Gasteiger partial charge in [0.2, 0.25) is 0 Å². The predicted octanol–water partition coefficient (Wildman–Crippen LogP) is -1.18. The number of carbonyl (C=O) groups excluding carboxylic acids is 1. The summed E-state index contributed by atoms with van der Waals surface area (Å²) in [6.45, 7) is 2.99. The van der Waals surface area contributed by atoms with Crippen molar-refractivity contribution in [3.63, 3.8) is 0 Å². The van der Waals surface area contributed by atoms with Crippen LogP contribution in [0.4, 0.5) is 4.79 Å². The Balaban J connectivity index is 2.30. The molecule has 0 unspecified atom stereocenters. The van der Waals surface area contributed by atoms with Crippen molar-refractivity contribution in [1.82, 2.24) is 15.2 Å². The van der Waals surface area contributed by atoms with E-state index in [1.54, 1.807) is 16.8 Å². The van der Waals surface area contributed by atoms with Crippen LogP contribution in [0.3, 0.4) is 0 Å². The fourth-order valence-electron chi connectivity index (χ4n) is 1.11. The van der Waals surface area contributed by atoms with Gasteiger partial charge in [-0.3, -0.25) is 11.3 Å². The fraction of sp³-hybridized carbons (Fsp3) is 0.833. The first kappa shape index (κ1) is 8.29. The van der Waals surface area contributed by atoms with E-state index in [0.29, 0.717) is 13.1 Å². The number of urea groups is 1. The van der Waals surface area contributed by atoms with E-state index in [0.717, 1.165) is 13.1 Å². The third kappa shape index (κ3) is 1.81. The number of hydrogen-bond acceptors (Lipinski definition) is 3. The summed E-state index contributed by atoms with van der Waals surface area (Å²) >= 11 is 0. The topological polar surface area (TPSA) is 61.6 Å². The molecule has 64 valence electrons. The first-order valence-corrected chi connectivity index (χ1v) is 3.69. The summed E-state index contributed by atoms with van der Waals surface area (Å²) in [4.78, 5) is 14.7. The number of nitrogens with zero attached hydrogens (tertiary/aromatic N) is 2. The second-order valence-corrected chi connectivity index (χ2v) is 2.65. The molecule has 5 heteroatoms. The van der Waals surface area contributed by atoms with Crippen LogP contribution in [0.1, 0.15) is 0 Å². The Morgan fingerprint density at radius 3 is 2.82 bits per heavy atom. The number of carbonyl (C=O) groups is 1. The summed E-state index contributed by atoms with van der Waals surface area (Å²) in [7, 11) is 1.80. The minimum atomic E-state index is 0.0975. The number of nitrogens with two attached hydrogens (primary N) is 1. The predicted molar refractivity (Wildman–Crippen MR) is 41.8 cm³/mol. The third-order valence-corrected chi connectivity index (χ3v) is 1.83. The van der Waals surface area contributed by atoms with Gasteiger partial charge in [-0.25, -0.2) is 4.79 Å². The fourth-order valence-corrected chi connectivity index (χ4v) is 1.11. The smallest absolute Gasteiger partial charge is 0.319 e. The highest BCUT2D eigenvalue weighted by Crippen LogP contribution is 2.03. The maximum absolute atomic E-state index is 11.2. The molecule has 0 saturated carbocycles. The molecule has 11 heavy (non-hydrogen) atoms. The zero-order valence-corrected chi connectivity index (χ0v) is 6.71. The van der Waals surface area contributed by atoms with Gasteiger partial charge in [-0.1, -0.05) is 0 Å². The molecule has 5 nitrogen and oxygen atoms in total. The number of rotatable bonds is 3. The van der Waals surface area contributed by atoms with Gasteiger partial charge in [0, 0.05) is 33.2 Å². The second-order valence-electron chi connectivity index (χ2n) is 2.65. The molecule has 0 atom stereocenters. The minimum Gasteiger partial charge on any atom is -0.326 e. The maximum Gasteiger partial charge on any atom is 0.319 e. The van der Waals surface area contributed by atoms with Gasteiger partial charge >= 0.3 is 6.03 Å². The molecule has 1 rings (SSSR count). The van der Waals surface area contributed by atoms with Gasteiger partial charge in [0.25, 0.3) is 0 Å². The number of amides is 2. The lowest BCUT2D eigenvalue weighted by Gasteiger charge is -2.14. The molecule has 1 fully saturated rings. The van der Waals surface area contributed by atoms with Gasteiger partial charge < -0.3 is 9.80 Å². The Bertz CT molecular complexity index is 150. The molecule has 3 N–H and O–H groups in total. The van der Waals surface area contributed by atoms with Crippen LogP contribution < -0.4 is 11.3 Å². The van der Waals surface area contributed by atoms with Crippen LogP contribution in [0, 0.1) is 0 Å². The quantitative estimate of drug-likeness (QED) is 0.401. The molecule has 1 aliphatic rings. The Morgan fingerprint density at radius 1 is 1.64 bits per heavy atom. The van der Waals surface area contributed by atoms with Crippen LogP contribution in [-0.2, 0) is 0 Å². The second kappa shape index (κ2) is 3.54. The van der Waals surface area contributed by atoms with Gasteiger partial charge in [-0.15, -0.1) is 0 Å². The lowest BCUT2D eigenvalue weighted by molar-refractivity contribution is 0.198. The average Bonchev–Trinajstić information content (AvgIpc) is 2.31. The van der Waals surface area contributed by atoms with Crippen molar-refractivity contribution in [2.75, 3.05) is 33.2 Å². The van der Waals surface area contributed by atoms with Crippen molar-refractivity contribution >= 4 is 6.03 Å². The van der Waals surface area contributed by atoms with Crippen LogP contribution in [0.5, 0.6) is 0 Å². The van der Waals surface area contributed by atoms with Crippen molar-refractivity contribution in [1.29, 1.82) is 0 Å². The lowest BCUT2D eigenvalue weighted by atomic mass is 10.5. The summed E-state index contributed by atoms with van der Waals surface area (Å²) < 4.78 is 0. The molecule has 0 aromatic heterocycles. The van der Waals surface area contributed by atoms with Crippen molar-refractivity contribution in [3.05, 3.63) is 0 Å². The molecule has 0 bridgehead atoms. The van der Waals surface area contributed by atoms with Gasteiger partial charge in [-0.05, 0) is 0 Å². The molecule has 1 saturated heterocycles. The molecule has 0 radical (unpaired) electrons. The number of nitrogens with one attached hydrogen (secondary N) is 1. The normalized spacial score (nSPS) is 18.2. The zero-order chi connectivity index (χ0) is 8.27. The van der Waals surface area contributed by atoms with Crippen molar-refractivity contribution in [2.24, 2.45) is 5.84 Å². The van der Waals surface area contributed by atoms with Crippen LogP contribution in [0.25, 0.3) is 0 Å². The van der Waals surface area contributed by atoms with E-state index in [1.165, 1.54) is 0 Å². The number of likely N-dealkylation sites (N-methyl/N-ethyl adjacent to an activating group) is 1. The Labute approximate surface area is 66.1 Å². The van der Waals surface area contributed by atoms with Gasteiger partial charge in [0.1, 0.15) is 0 Å². The number of hydrazine groups is 1. The standard InChI is InChI=1S/C6H14N4O/c1-9-4-5-10(6(9)11)3-2-8-7/h8H,2-5,7H2,1H3. The Hall–Kier alpha value is -0.810. The molecular weight excluding hydrogens is 144 g/mol. The van der Waals surface area contributed by atoms with E-state index in [-0.39, 0.29) is 6.03 Å². The van der Waals surface area contributed by atoms with Gasteiger partial charge in [0.05, 0.1) is 0 Å². The summed E-state index contributed by atoms with van der Waals surface area (Å²) in [5.41, 5.74) is 2.52. The lowest BCUT2D eigenvalue weighted by Crippen LogP contribution is -2.37. The van der Waals surface area contributed by atoms with Crippen molar-refractivity contribution < 1.29 is 4.79 Å². The van der Waals surface area contributed by atoms with Crippen LogP contribution in [-0.4, -0.2) is 49.1 Å². The Morgan fingerprint density at radius 2 is 2.36 bits per heavy atom. The highest BCUT2D eigenvalue weighted by Gasteiger charge is 2.23. The van der Waals surface area contributed by atoms with Gasteiger partial charge in [-0.2, -0.15) is 0 Å². The molecule has 1 heterocycles. The van der Waals surface area contributed by atoms with Crippen molar-refractivity contribution in [3.8, 4) is 0 Å². The molecular formula is C6H14N4O. The largest absolute Gasteiger partial charge is 0.326 e. The van der Waals surface area contributed by atoms with E-state index >= 15 is 0 Å². The summed E-state index contributed by atoms with van der Waals surface area (Å²) in [5.74, 6) is 5.09. The molecule has 1 aliphatic heterocycles. The molecule has 2 amide bonds. The van der Waals surface area contributed by atoms with E-state index in [9.17, 15) is 4.79 Å². The van der Waals surface area contributed by atoms with Crippen LogP contribution in [0.15, 0.2) is 0 Å². The molecule has 0 spiro atoms. The molecule has 0 aliphatic carbocycles. The SMILES string of the molecule is CN1CCN(CCNN)C1=O. The van der Waals surface area contributed by atoms with E-state index in [1.807, 2.05) is 0 Å². The maximum atomic E-state index is 11.2. The summed E-state index contributed by atoms with van der Waals surface area (Å²) in [5, 5.41) is 0. The summed E-state index contributed by atoms with van der Waals surface area (Å²) in [6.07, 6.45) is 0. The van der Waals surface area contributed by atoms with E-state index in [2.05, 4.69) is 5.43 Å². The zero-order valence-electron chi connectivity index (χ0n) is 6.71. The highest BCUT2D eigenvalue weighted by atomic mass is 16.2. The molecule has 0 aromatic rings. The first-order chi connectivity index (χ1) is 5.25. The first-order valence-electron chi connectivity index (χ1n) is 3.69. The van der Waals surface area contributed by atoms with Crippen LogP contribution in [0.2, 0.25) is 0 Å². The summed E-state index contributed by atoms with van der Waals surface area (Å²) in [6, 6.07) is 0.0975. The minimum absolute atomic E-state index is 0.0975. The van der Waals surface area contributed by atoms with Gasteiger partial charge in [0.15, 0.2) is 0 Å². The molecule has 0 aromatic carbocycles.